The van der Waals surface area contributed by atoms with Gasteiger partial charge in [0, 0.05) is 19.8 Å². The van der Waals surface area contributed by atoms with Gasteiger partial charge in [0.15, 0.2) is 11.3 Å². The van der Waals surface area contributed by atoms with E-state index in [1.807, 2.05) is 0 Å². The summed E-state index contributed by atoms with van der Waals surface area (Å²) in [5.74, 6) is -0.889. The fraction of sp³-hybridized carbons (Fsp3) is 0.0400. The van der Waals surface area contributed by atoms with Crippen LogP contribution in [-0.2, 0) is 6.54 Å². The molecule has 2 aromatic heterocycles. The fourth-order valence-electron chi connectivity index (χ4n) is 3.75. The second kappa shape index (κ2) is 8.94. The van der Waals surface area contributed by atoms with Crippen molar-refractivity contribution in [2.45, 2.75) is 16.3 Å². The highest BCUT2D eigenvalue weighted by Gasteiger charge is 2.22. The Morgan fingerprint density at radius 3 is 2.56 bits per heavy atom. The maximum absolute atomic E-state index is 13.8. The summed E-state index contributed by atoms with van der Waals surface area (Å²) >= 11 is 10.3. The van der Waals surface area contributed by atoms with E-state index in [4.69, 9.17) is 16.0 Å². The van der Waals surface area contributed by atoms with Gasteiger partial charge in [0.1, 0.15) is 16.1 Å². The van der Waals surface area contributed by atoms with E-state index in [2.05, 4.69) is 15.9 Å². The standard InChI is InChI=1S/C25H14BrClFNO4S/c26-14-4-9-19-18(11-14)22-20(24(31)29(19)12-13-2-1-3-16(28)10-13)21(30)23(25(32)33-22)34-17-7-5-15(27)6-8-17/h1-11,30H,12H2. The summed E-state index contributed by atoms with van der Waals surface area (Å²) in [7, 11) is 0. The van der Waals surface area contributed by atoms with Crippen molar-refractivity contribution in [3.05, 3.63) is 108 Å². The van der Waals surface area contributed by atoms with Crippen molar-refractivity contribution >= 4 is 61.2 Å². The number of aromatic hydroxyl groups is 1. The van der Waals surface area contributed by atoms with Crippen LogP contribution in [0.15, 0.2) is 95.0 Å². The molecule has 0 saturated heterocycles. The highest BCUT2D eigenvalue weighted by atomic mass is 79.9. The Morgan fingerprint density at radius 1 is 1.06 bits per heavy atom. The molecule has 3 aromatic carbocycles. The van der Waals surface area contributed by atoms with Crippen molar-refractivity contribution < 1.29 is 13.9 Å². The minimum absolute atomic E-state index is 0.0141. The molecule has 1 N–H and O–H groups in total. The van der Waals surface area contributed by atoms with Gasteiger partial charge in [-0.2, -0.15) is 0 Å². The van der Waals surface area contributed by atoms with Crippen LogP contribution in [0.5, 0.6) is 5.75 Å². The Kier molecular flexibility index (Phi) is 5.97. The zero-order chi connectivity index (χ0) is 24.0. The lowest BCUT2D eigenvalue weighted by atomic mass is 10.1. The first kappa shape index (κ1) is 22.7. The van der Waals surface area contributed by atoms with E-state index in [9.17, 15) is 19.1 Å². The van der Waals surface area contributed by atoms with Gasteiger partial charge in [0.2, 0.25) is 0 Å². The van der Waals surface area contributed by atoms with Gasteiger partial charge in [0.25, 0.3) is 5.56 Å². The summed E-state index contributed by atoms with van der Waals surface area (Å²) in [5, 5.41) is 12.0. The Balaban J connectivity index is 1.79. The van der Waals surface area contributed by atoms with E-state index in [1.165, 1.54) is 16.7 Å². The third kappa shape index (κ3) is 4.13. The molecule has 0 bridgehead atoms. The number of nitrogens with zero attached hydrogens (tertiary/aromatic N) is 1. The summed E-state index contributed by atoms with van der Waals surface area (Å²) in [6.45, 7) is 0.0584. The molecule has 5 rings (SSSR count). The van der Waals surface area contributed by atoms with E-state index in [-0.39, 0.29) is 22.4 Å². The first-order valence-corrected chi connectivity index (χ1v) is 12.0. The summed E-state index contributed by atoms with van der Waals surface area (Å²) in [6, 6.07) is 17.8. The summed E-state index contributed by atoms with van der Waals surface area (Å²) < 4.78 is 21.5. The number of rotatable bonds is 4. The molecule has 0 atom stereocenters. The predicted molar refractivity (Wildman–Crippen MR) is 135 cm³/mol. The van der Waals surface area contributed by atoms with Crippen molar-refractivity contribution in [1.29, 1.82) is 0 Å². The predicted octanol–water partition coefficient (Wildman–Crippen LogP) is 6.57. The number of hydrogen-bond donors (Lipinski definition) is 1. The maximum atomic E-state index is 13.8. The lowest BCUT2D eigenvalue weighted by molar-refractivity contribution is 0.446. The Labute approximate surface area is 209 Å². The van der Waals surface area contributed by atoms with Gasteiger partial charge >= 0.3 is 5.63 Å². The van der Waals surface area contributed by atoms with Crippen LogP contribution in [0.4, 0.5) is 4.39 Å². The van der Waals surface area contributed by atoms with Crippen molar-refractivity contribution in [2.75, 3.05) is 0 Å². The molecule has 0 aliphatic rings. The highest BCUT2D eigenvalue weighted by Crippen LogP contribution is 2.38. The maximum Gasteiger partial charge on any atom is 0.354 e. The van der Waals surface area contributed by atoms with Gasteiger partial charge in [-0.1, -0.05) is 51.4 Å². The van der Waals surface area contributed by atoms with Gasteiger partial charge in [-0.05, 0) is 60.2 Å². The molecule has 0 unspecified atom stereocenters. The van der Waals surface area contributed by atoms with E-state index in [0.717, 1.165) is 11.8 Å². The second-order valence-corrected chi connectivity index (χ2v) is 9.95. The van der Waals surface area contributed by atoms with Crippen LogP contribution in [0.25, 0.3) is 21.9 Å². The van der Waals surface area contributed by atoms with Gasteiger partial charge in [-0.15, -0.1) is 0 Å². The molecule has 170 valence electrons. The Hall–Kier alpha value is -3.07. The fourth-order valence-corrected chi connectivity index (χ4v) is 5.07. The molecule has 0 saturated carbocycles. The number of aromatic nitrogens is 1. The zero-order valence-corrected chi connectivity index (χ0v) is 20.4. The molecule has 0 aliphatic carbocycles. The van der Waals surface area contributed by atoms with E-state index in [0.29, 0.717) is 30.9 Å². The quantitative estimate of drug-likeness (QED) is 0.253. The molecule has 5 aromatic rings. The normalized spacial score (nSPS) is 11.4. The third-order valence-electron chi connectivity index (χ3n) is 5.28. The molecule has 0 fully saturated rings. The average Bonchev–Trinajstić information content (AvgIpc) is 2.80. The van der Waals surface area contributed by atoms with Crippen LogP contribution in [0.3, 0.4) is 0 Å². The molecule has 0 radical (unpaired) electrons. The van der Waals surface area contributed by atoms with E-state index < -0.39 is 22.8 Å². The number of fused-ring (bicyclic) bond motifs is 3. The number of hydrogen-bond acceptors (Lipinski definition) is 5. The lowest BCUT2D eigenvalue weighted by Gasteiger charge is -2.14. The van der Waals surface area contributed by atoms with Gasteiger partial charge < -0.3 is 14.1 Å². The minimum Gasteiger partial charge on any atom is -0.505 e. The summed E-state index contributed by atoms with van der Waals surface area (Å²) in [4.78, 5) is 27.0. The third-order valence-corrected chi connectivity index (χ3v) is 7.09. The number of benzene rings is 3. The van der Waals surface area contributed by atoms with Crippen LogP contribution in [0.1, 0.15) is 5.56 Å². The molecule has 9 heteroatoms. The number of pyridine rings is 1. The van der Waals surface area contributed by atoms with Crippen molar-refractivity contribution in [3.8, 4) is 5.75 Å². The van der Waals surface area contributed by atoms with Gasteiger partial charge in [-0.3, -0.25) is 4.79 Å². The van der Waals surface area contributed by atoms with Crippen molar-refractivity contribution in [3.63, 3.8) is 0 Å². The zero-order valence-electron chi connectivity index (χ0n) is 17.2. The van der Waals surface area contributed by atoms with E-state index >= 15 is 0 Å². The van der Waals surface area contributed by atoms with Crippen LogP contribution < -0.4 is 11.2 Å². The van der Waals surface area contributed by atoms with Crippen LogP contribution in [-0.4, -0.2) is 9.67 Å². The monoisotopic (exact) mass is 557 g/mol. The second-order valence-electron chi connectivity index (χ2n) is 7.51. The highest BCUT2D eigenvalue weighted by molar-refractivity contribution is 9.10. The first-order valence-electron chi connectivity index (χ1n) is 10.0. The molecule has 34 heavy (non-hydrogen) atoms. The molecular formula is C25H14BrClFNO4S. The van der Waals surface area contributed by atoms with Crippen molar-refractivity contribution in [2.24, 2.45) is 0 Å². The SMILES string of the molecule is O=c1oc2c(c(O)c1Sc1ccc(Cl)cc1)c(=O)n(Cc1cccc(F)c1)c1ccc(Br)cc21. The minimum atomic E-state index is -0.770. The van der Waals surface area contributed by atoms with Gasteiger partial charge in [-0.25, -0.2) is 9.18 Å². The molecule has 0 aliphatic heterocycles. The average molecular weight is 559 g/mol. The van der Waals surface area contributed by atoms with E-state index in [1.54, 1.807) is 54.6 Å². The Bertz CT molecular complexity index is 1700. The molecule has 5 nitrogen and oxygen atoms in total. The first-order chi connectivity index (χ1) is 16.3. The largest absolute Gasteiger partial charge is 0.505 e. The smallest absolute Gasteiger partial charge is 0.354 e. The molecular weight excluding hydrogens is 545 g/mol. The topological polar surface area (TPSA) is 72.4 Å². The van der Waals surface area contributed by atoms with Gasteiger partial charge in [0.05, 0.1) is 12.1 Å². The molecule has 0 spiro atoms. The summed E-state index contributed by atoms with van der Waals surface area (Å²) in [5.41, 5.74) is -0.300. The lowest BCUT2D eigenvalue weighted by Crippen LogP contribution is -2.23. The van der Waals surface area contributed by atoms with Crippen LogP contribution in [0.2, 0.25) is 5.02 Å². The Morgan fingerprint density at radius 2 is 1.82 bits per heavy atom. The molecule has 2 heterocycles. The molecule has 0 amide bonds. The number of halogens is 3. The van der Waals surface area contributed by atoms with Crippen LogP contribution in [0, 0.1) is 5.82 Å². The van der Waals surface area contributed by atoms with Crippen molar-refractivity contribution in [1.82, 2.24) is 4.57 Å². The summed E-state index contributed by atoms with van der Waals surface area (Å²) in [6.07, 6.45) is 0. The van der Waals surface area contributed by atoms with Crippen LogP contribution >= 0.6 is 39.3 Å².